The first-order valence-electron chi connectivity index (χ1n) is 8.21. The molecular formula is C19H25N3O2. The SMILES string of the molecule is NCCOc1ccc(CC(=O)NCCCc2ccccc2)cc1N. The van der Waals surface area contributed by atoms with Crippen LogP contribution in [0.1, 0.15) is 17.5 Å². The Hall–Kier alpha value is -2.53. The van der Waals surface area contributed by atoms with Gasteiger partial charge in [-0.25, -0.2) is 0 Å². The Balaban J connectivity index is 1.73. The van der Waals surface area contributed by atoms with Gasteiger partial charge in [-0.15, -0.1) is 0 Å². The number of hydrogen-bond acceptors (Lipinski definition) is 4. The number of ether oxygens (including phenoxy) is 1. The predicted molar refractivity (Wildman–Crippen MR) is 96.9 cm³/mol. The zero-order valence-corrected chi connectivity index (χ0v) is 13.8. The fourth-order valence-electron chi connectivity index (χ4n) is 2.42. The molecule has 0 bridgehead atoms. The maximum atomic E-state index is 12.0. The summed E-state index contributed by atoms with van der Waals surface area (Å²) < 4.78 is 5.42. The van der Waals surface area contributed by atoms with E-state index in [0.717, 1.165) is 18.4 Å². The van der Waals surface area contributed by atoms with Gasteiger partial charge in [-0.3, -0.25) is 4.79 Å². The van der Waals surface area contributed by atoms with E-state index < -0.39 is 0 Å². The average Bonchev–Trinajstić information content (AvgIpc) is 2.59. The number of anilines is 1. The molecule has 1 amide bonds. The van der Waals surface area contributed by atoms with Gasteiger partial charge >= 0.3 is 0 Å². The van der Waals surface area contributed by atoms with Crippen LogP contribution in [0.15, 0.2) is 48.5 Å². The standard InChI is InChI=1S/C19H25N3O2/c20-10-12-24-18-9-8-16(13-17(18)21)14-19(23)22-11-4-7-15-5-2-1-3-6-15/h1-3,5-6,8-9,13H,4,7,10-12,14,20-21H2,(H,22,23). The summed E-state index contributed by atoms with van der Waals surface area (Å²) in [7, 11) is 0. The minimum atomic E-state index is -0.00177. The van der Waals surface area contributed by atoms with Crippen molar-refractivity contribution in [3.05, 3.63) is 59.7 Å². The summed E-state index contributed by atoms with van der Waals surface area (Å²) in [6, 6.07) is 15.7. The van der Waals surface area contributed by atoms with Gasteiger partial charge in [0.05, 0.1) is 12.1 Å². The molecule has 0 fully saturated rings. The van der Waals surface area contributed by atoms with Gasteiger partial charge in [0.1, 0.15) is 12.4 Å². The van der Waals surface area contributed by atoms with Gasteiger partial charge < -0.3 is 21.5 Å². The molecule has 0 aromatic heterocycles. The van der Waals surface area contributed by atoms with Crippen LogP contribution in [0.5, 0.6) is 5.75 Å². The molecule has 0 saturated carbocycles. The van der Waals surface area contributed by atoms with Crippen LogP contribution < -0.4 is 21.5 Å². The number of nitrogen functional groups attached to an aromatic ring is 1. The second-order valence-electron chi connectivity index (χ2n) is 5.63. The van der Waals surface area contributed by atoms with Gasteiger partial charge in [-0.1, -0.05) is 36.4 Å². The molecule has 5 heteroatoms. The van der Waals surface area contributed by atoms with E-state index in [2.05, 4.69) is 17.4 Å². The van der Waals surface area contributed by atoms with Crippen molar-refractivity contribution in [1.82, 2.24) is 5.32 Å². The summed E-state index contributed by atoms with van der Waals surface area (Å²) in [6.07, 6.45) is 2.19. The van der Waals surface area contributed by atoms with Crippen LogP contribution >= 0.6 is 0 Å². The highest BCUT2D eigenvalue weighted by atomic mass is 16.5. The zero-order valence-electron chi connectivity index (χ0n) is 13.8. The molecule has 0 aliphatic carbocycles. The molecule has 5 N–H and O–H groups in total. The average molecular weight is 327 g/mol. The third kappa shape index (κ3) is 5.93. The van der Waals surface area contributed by atoms with E-state index in [-0.39, 0.29) is 5.91 Å². The minimum absolute atomic E-state index is 0.00177. The quantitative estimate of drug-likeness (QED) is 0.485. The van der Waals surface area contributed by atoms with Crippen molar-refractivity contribution < 1.29 is 9.53 Å². The summed E-state index contributed by atoms with van der Waals surface area (Å²) in [4.78, 5) is 12.0. The second kappa shape index (κ2) is 9.57. The molecular weight excluding hydrogens is 302 g/mol. The lowest BCUT2D eigenvalue weighted by Crippen LogP contribution is -2.26. The summed E-state index contributed by atoms with van der Waals surface area (Å²) in [5.74, 6) is 0.602. The van der Waals surface area contributed by atoms with Crippen LogP contribution in [0.4, 0.5) is 5.69 Å². The van der Waals surface area contributed by atoms with Crippen molar-refractivity contribution in [1.29, 1.82) is 0 Å². The number of carbonyl (C=O) groups is 1. The van der Waals surface area contributed by atoms with Gasteiger partial charge in [-0.05, 0) is 36.1 Å². The van der Waals surface area contributed by atoms with E-state index in [0.29, 0.717) is 37.6 Å². The number of amides is 1. The molecule has 24 heavy (non-hydrogen) atoms. The molecule has 0 aliphatic heterocycles. The van der Waals surface area contributed by atoms with Crippen molar-refractivity contribution in [2.75, 3.05) is 25.4 Å². The fourth-order valence-corrected chi connectivity index (χ4v) is 2.42. The smallest absolute Gasteiger partial charge is 0.224 e. The zero-order chi connectivity index (χ0) is 17.2. The first-order chi connectivity index (χ1) is 11.7. The maximum Gasteiger partial charge on any atom is 0.224 e. The summed E-state index contributed by atoms with van der Waals surface area (Å²) in [6.45, 7) is 1.53. The van der Waals surface area contributed by atoms with Crippen LogP contribution in [0.2, 0.25) is 0 Å². The summed E-state index contributed by atoms with van der Waals surface area (Å²) in [5, 5.41) is 2.94. The monoisotopic (exact) mass is 327 g/mol. The van der Waals surface area contributed by atoms with Gasteiger partial charge in [0.2, 0.25) is 5.91 Å². The molecule has 128 valence electrons. The molecule has 0 spiro atoms. The van der Waals surface area contributed by atoms with Crippen LogP contribution in [-0.2, 0) is 17.6 Å². The normalized spacial score (nSPS) is 10.4. The first kappa shape index (κ1) is 17.8. The number of hydrogen-bond donors (Lipinski definition) is 3. The molecule has 0 saturated heterocycles. The molecule has 2 aromatic carbocycles. The topological polar surface area (TPSA) is 90.4 Å². The lowest BCUT2D eigenvalue weighted by molar-refractivity contribution is -0.120. The Morgan fingerprint density at radius 1 is 1.08 bits per heavy atom. The molecule has 2 aromatic rings. The van der Waals surface area contributed by atoms with Gasteiger partial charge in [-0.2, -0.15) is 0 Å². The highest BCUT2D eigenvalue weighted by Gasteiger charge is 2.06. The molecule has 0 heterocycles. The van der Waals surface area contributed by atoms with Crippen molar-refractivity contribution in [2.45, 2.75) is 19.3 Å². The van der Waals surface area contributed by atoms with Crippen molar-refractivity contribution >= 4 is 11.6 Å². The molecule has 5 nitrogen and oxygen atoms in total. The maximum absolute atomic E-state index is 12.0. The largest absolute Gasteiger partial charge is 0.490 e. The van der Waals surface area contributed by atoms with Crippen LogP contribution in [0.25, 0.3) is 0 Å². The number of aryl methyl sites for hydroxylation is 1. The van der Waals surface area contributed by atoms with Gasteiger partial charge in [0.25, 0.3) is 0 Å². The van der Waals surface area contributed by atoms with Crippen LogP contribution in [-0.4, -0.2) is 25.6 Å². The summed E-state index contributed by atoms with van der Waals surface area (Å²) >= 11 is 0. The third-order valence-corrected chi connectivity index (χ3v) is 3.62. The fraction of sp³-hybridized carbons (Fsp3) is 0.316. The number of nitrogens with one attached hydrogen (secondary N) is 1. The summed E-state index contributed by atoms with van der Waals surface area (Å²) in [5.41, 5.74) is 14.0. The molecule has 0 aliphatic rings. The van der Waals surface area contributed by atoms with Crippen molar-refractivity contribution in [2.24, 2.45) is 5.73 Å². The number of benzene rings is 2. The van der Waals surface area contributed by atoms with Crippen LogP contribution in [0, 0.1) is 0 Å². The second-order valence-corrected chi connectivity index (χ2v) is 5.63. The van der Waals surface area contributed by atoms with Gasteiger partial charge in [0.15, 0.2) is 0 Å². The number of rotatable bonds is 9. The van der Waals surface area contributed by atoms with E-state index in [1.807, 2.05) is 24.3 Å². The lowest BCUT2D eigenvalue weighted by atomic mass is 10.1. The van der Waals surface area contributed by atoms with E-state index >= 15 is 0 Å². The Bertz CT molecular complexity index is 644. The highest BCUT2D eigenvalue weighted by molar-refractivity contribution is 5.79. The Kier molecular flexibility index (Phi) is 7.11. The minimum Gasteiger partial charge on any atom is -0.490 e. The van der Waals surface area contributed by atoms with E-state index in [1.165, 1.54) is 5.56 Å². The number of nitrogens with two attached hydrogens (primary N) is 2. The molecule has 2 rings (SSSR count). The van der Waals surface area contributed by atoms with Crippen LogP contribution in [0.3, 0.4) is 0 Å². The molecule has 0 unspecified atom stereocenters. The van der Waals surface area contributed by atoms with E-state index in [4.69, 9.17) is 16.2 Å². The highest BCUT2D eigenvalue weighted by Crippen LogP contribution is 2.22. The van der Waals surface area contributed by atoms with Gasteiger partial charge in [0, 0.05) is 13.1 Å². The lowest BCUT2D eigenvalue weighted by Gasteiger charge is -2.10. The van der Waals surface area contributed by atoms with Crippen molar-refractivity contribution in [3.8, 4) is 5.75 Å². The Morgan fingerprint density at radius 2 is 1.88 bits per heavy atom. The van der Waals surface area contributed by atoms with Crippen molar-refractivity contribution in [3.63, 3.8) is 0 Å². The molecule has 0 radical (unpaired) electrons. The Labute approximate surface area is 143 Å². The number of carbonyl (C=O) groups excluding carboxylic acids is 1. The predicted octanol–water partition coefficient (Wildman–Crippen LogP) is 1.90. The first-order valence-corrected chi connectivity index (χ1v) is 8.21. The third-order valence-electron chi connectivity index (χ3n) is 3.62. The molecule has 0 atom stereocenters. The van der Waals surface area contributed by atoms with E-state index in [9.17, 15) is 4.79 Å². The van der Waals surface area contributed by atoms with E-state index in [1.54, 1.807) is 12.1 Å². The Morgan fingerprint density at radius 3 is 2.58 bits per heavy atom.